The molecule has 1 atom stereocenters. The maximum absolute atomic E-state index is 12.4. The number of hydrogen-bond acceptors (Lipinski definition) is 3. The second-order valence-electron chi connectivity index (χ2n) is 6.20. The van der Waals surface area contributed by atoms with Crippen molar-refractivity contribution in [3.8, 4) is 0 Å². The molecule has 2 aromatic heterocycles. The van der Waals surface area contributed by atoms with Gasteiger partial charge in [0.25, 0.3) is 5.91 Å². The molecule has 23 heavy (non-hydrogen) atoms. The molecule has 1 fully saturated rings. The molecule has 1 saturated heterocycles. The SMILES string of the molecule is CN(Cc1cccnc1)C[C@H]1CCN(C(=O)c2cc(Cl)c[nH]2)C1. The Kier molecular flexibility index (Phi) is 4.98. The van der Waals surface area contributed by atoms with Crippen LogP contribution >= 0.6 is 11.6 Å². The highest BCUT2D eigenvalue weighted by molar-refractivity contribution is 6.30. The molecule has 3 heterocycles. The standard InChI is InChI=1S/C17H21ClN4O/c1-21(10-13-3-2-5-19-8-13)11-14-4-6-22(12-14)17(23)16-7-15(18)9-20-16/h2-3,5,7-9,14,20H,4,6,10-12H2,1H3/t14-/m1/s1. The third-order valence-corrected chi connectivity index (χ3v) is 4.41. The van der Waals surface area contributed by atoms with Gasteiger partial charge in [-0.25, -0.2) is 0 Å². The summed E-state index contributed by atoms with van der Waals surface area (Å²) < 4.78 is 0. The van der Waals surface area contributed by atoms with E-state index in [1.54, 1.807) is 18.5 Å². The van der Waals surface area contributed by atoms with Crippen LogP contribution in [0.25, 0.3) is 0 Å². The number of carbonyl (C=O) groups is 1. The van der Waals surface area contributed by atoms with E-state index in [0.29, 0.717) is 16.6 Å². The van der Waals surface area contributed by atoms with Gasteiger partial charge in [0.05, 0.1) is 5.02 Å². The van der Waals surface area contributed by atoms with E-state index >= 15 is 0 Å². The number of nitrogens with one attached hydrogen (secondary N) is 1. The minimum atomic E-state index is 0.0364. The molecular weight excluding hydrogens is 312 g/mol. The van der Waals surface area contributed by atoms with E-state index in [9.17, 15) is 4.79 Å². The van der Waals surface area contributed by atoms with Crippen molar-refractivity contribution in [2.45, 2.75) is 13.0 Å². The van der Waals surface area contributed by atoms with E-state index in [4.69, 9.17) is 11.6 Å². The number of hydrogen-bond donors (Lipinski definition) is 1. The first-order valence-corrected chi connectivity index (χ1v) is 8.20. The Morgan fingerprint density at radius 3 is 3.13 bits per heavy atom. The summed E-state index contributed by atoms with van der Waals surface area (Å²) in [7, 11) is 2.11. The van der Waals surface area contributed by atoms with Crippen LogP contribution in [0.1, 0.15) is 22.5 Å². The van der Waals surface area contributed by atoms with E-state index in [1.807, 2.05) is 17.2 Å². The van der Waals surface area contributed by atoms with Crippen LogP contribution in [0.15, 0.2) is 36.8 Å². The molecule has 1 aliphatic rings. The third-order valence-electron chi connectivity index (χ3n) is 4.20. The highest BCUT2D eigenvalue weighted by Gasteiger charge is 2.28. The Hall–Kier alpha value is -1.85. The van der Waals surface area contributed by atoms with Crippen molar-refractivity contribution in [1.29, 1.82) is 0 Å². The summed E-state index contributed by atoms with van der Waals surface area (Å²) in [6, 6.07) is 5.73. The fourth-order valence-corrected chi connectivity index (χ4v) is 3.30. The van der Waals surface area contributed by atoms with Crippen LogP contribution in [0, 0.1) is 5.92 Å². The van der Waals surface area contributed by atoms with Gasteiger partial charge in [-0.05, 0) is 37.1 Å². The zero-order valence-corrected chi connectivity index (χ0v) is 14.0. The van der Waals surface area contributed by atoms with Crippen molar-refractivity contribution in [1.82, 2.24) is 19.8 Å². The van der Waals surface area contributed by atoms with E-state index in [-0.39, 0.29) is 5.91 Å². The maximum Gasteiger partial charge on any atom is 0.270 e. The van der Waals surface area contributed by atoms with Crippen molar-refractivity contribution >= 4 is 17.5 Å². The molecule has 0 aromatic carbocycles. The topological polar surface area (TPSA) is 52.2 Å². The summed E-state index contributed by atoms with van der Waals surface area (Å²) >= 11 is 5.87. The lowest BCUT2D eigenvalue weighted by Gasteiger charge is -2.21. The summed E-state index contributed by atoms with van der Waals surface area (Å²) in [4.78, 5) is 23.7. The normalized spacial score (nSPS) is 17.9. The van der Waals surface area contributed by atoms with Crippen LogP contribution < -0.4 is 0 Å². The molecule has 0 bridgehead atoms. The zero-order valence-electron chi connectivity index (χ0n) is 13.2. The van der Waals surface area contributed by atoms with E-state index in [2.05, 4.69) is 28.0 Å². The van der Waals surface area contributed by atoms with Gasteiger partial charge in [0.1, 0.15) is 5.69 Å². The van der Waals surface area contributed by atoms with Crippen LogP contribution in [0.2, 0.25) is 5.02 Å². The molecule has 1 N–H and O–H groups in total. The number of halogens is 1. The van der Waals surface area contributed by atoms with Gasteiger partial charge >= 0.3 is 0 Å². The summed E-state index contributed by atoms with van der Waals surface area (Å²) in [5.74, 6) is 0.542. The summed E-state index contributed by atoms with van der Waals surface area (Å²) in [5.41, 5.74) is 1.78. The van der Waals surface area contributed by atoms with E-state index in [1.165, 1.54) is 5.56 Å². The van der Waals surface area contributed by atoms with Gasteiger partial charge in [-0.3, -0.25) is 9.78 Å². The number of rotatable bonds is 5. The fourth-order valence-electron chi connectivity index (χ4n) is 3.14. The fraction of sp³-hybridized carbons (Fsp3) is 0.412. The average molecular weight is 333 g/mol. The molecule has 0 aliphatic carbocycles. The van der Waals surface area contributed by atoms with Gasteiger partial charge in [0.2, 0.25) is 0 Å². The second-order valence-corrected chi connectivity index (χ2v) is 6.63. The highest BCUT2D eigenvalue weighted by Crippen LogP contribution is 2.21. The lowest BCUT2D eigenvalue weighted by Crippen LogP contribution is -2.31. The summed E-state index contributed by atoms with van der Waals surface area (Å²) in [6.07, 6.45) is 6.37. The predicted molar refractivity (Wildman–Crippen MR) is 90.4 cm³/mol. The van der Waals surface area contributed by atoms with Crippen LogP contribution in [0.3, 0.4) is 0 Å². The Labute approximate surface area is 141 Å². The van der Waals surface area contributed by atoms with Gasteiger partial charge in [-0.15, -0.1) is 0 Å². The minimum absolute atomic E-state index is 0.0364. The molecule has 0 spiro atoms. The Morgan fingerprint density at radius 1 is 1.57 bits per heavy atom. The van der Waals surface area contributed by atoms with E-state index < -0.39 is 0 Å². The number of likely N-dealkylation sites (tertiary alicyclic amines) is 1. The van der Waals surface area contributed by atoms with Crippen molar-refractivity contribution in [3.63, 3.8) is 0 Å². The number of aromatic nitrogens is 2. The van der Waals surface area contributed by atoms with Gasteiger partial charge in [-0.1, -0.05) is 17.7 Å². The summed E-state index contributed by atoms with van der Waals surface area (Å²) in [6.45, 7) is 3.46. The van der Waals surface area contributed by atoms with Crippen LogP contribution in [-0.4, -0.2) is 52.4 Å². The molecule has 2 aromatic rings. The lowest BCUT2D eigenvalue weighted by atomic mass is 10.1. The molecule has 1 amide bonds. The Morgan fingerprint density at radius 2 is 2.43 bits per heavy atom. The first kappa shape index (κ1) is 16.0. The number of nitrogens with zero attached hydrogens (tertiary/aromatic N) is 3. The van der Waals surface area contributed by atoms with Crippen LogP contribution in [0.5, 0.6) is 0 Å². The van der Waals surface area contributed by atoms with Crippen molar-refractivity contribution in [2.75, 3.05) is 26.7 Å². The molecule has 6 heteroatoms. The summed E-state index contributed by atoms with van der Waals surface area (Å²) in [5, 5.41) is 0.570. The van der Waals surface area contributed by atoms with Crippen molar-refractivity contribution < 1.29 is 4.79 Å². The van der Waals surface area contributed by atoms with Crippen molar-refractivity contribution in [2.24, 2.45) is 5.92 Å². The molecule has 0 saturated carbocycles. The monoisotopic (exact) mass is 332 g/mol. The Balaban J connectivity index is 1.50. The van der Waals surface area contributed by atoms with Gasteiger partial charge in [0.15, 0.2) is 0 Å². The number of aromatic amines is 1. The van der Waals surface area contributed by atoms with Gasteiger partial charge in [-0.2, -0.15) is 0 Å². The number of amides is 1. The van der Waals surface area contributed by atoms with Gasteiger partial charge < -0.3 is 14.8 Å². The highest BCUT2D eigenvalue weighted by atomic mass is 35.5. The van der Waals surface area contributed by atoms with Crippen LogP contribution in [0.4, 0.5) is 0 Å². The second kappa shape index (κ2) is 7.15. The number of H-pyrrole nitrogens is 1. The molecular formula is C17H21ClN4O. The molecule has 3 rings (SSSR count). The Bertz CT molecular complexity index is 658. The maximum atomic E-state index is 12.4. The average Bonchev–Trinajstić information content (AvgIpc) is 3.17. The first-order chi connectivity index (χ1) is 11.1. The van der Waals surface area contributed by atoms with E-state index in [0.717, 1.165) is 32.6 Å². The quantitative estimate of drug-likeness (QED) is 0.915. The molecule has 1 aliphatic heterocycles. The van der Waals surface area contributed by atoms with Crippen LogP contribution in [-0.2, 0) is 6.54 Å². The van der Waals surface area contributed by atoms with Gasteiger partial charge in [0, 0.05) is 44.8 Å². The molecule has 122 valence electrons. The smallest absolute Gasteiger partial charge is 0.270 e. The van der Waals surface area contributed by atoms with Crippen molar-refractivity contribution in [3.05, 3.63) is 53.1 Å². The largest absolute Gasteiger partial charge is 0.356 e. The number of pyridine rings is 1. The lowest BCUT2D eigenvalue weighted by molar-refractivity contribution is 0.0779. The molecule has 5 nitrogen and oxygen atoms in total. The minimum Gasteiger partial charge on any atom is -0.356 e. The first-order valence-electron chi connectivity index (χ1n) is 7.82. The zero-order chi connectivity index (χ0) is 16.2. The number of carbonyl (C=O) groups excluding carboxylic acids is 1. The molecule has 0 unspecified atom stereocenters. The third kappa shape index (κ3) is 4.12. The molecule has 0 radical (unpaired) electrons. The predicted octanol–water partition coefficient (Wildman–Crippen LogP) is 2.66.